The van der Waals surface area contributed by atoms with Crippen LogP contribution >= 0.6 is 0 Å². The molecule has 3 rings (SSSR count). The van der Waals surface area contributed by atoms with Crippen molar-refractivity contribution >= 4 is 5.57 Å². The van der Waals surface area contributed by atoms with E-state index in [0.717, 1.165) is 5.92 Å². The predicted molar refractivity (Wildman–Crippen MR) is 75.9 cm³/mol. The highest BCUT2D eigenvalue weighted by Crippen LogP contribution is 2.57. The number of hydrogen-bond acceptors (Lipinski definition) is 0. The lowest BCUT2D eigenvalue weighted by Crippen LogP contribution is -1.96. The quantitative estimate of drug-likeness (QED) is 0.632. The van der Waals surface area contributed by atoms with Crippen molar-refractivity contribution in [2.45, 2.75) is 34.1 Å². The molecule has 1 saturated carbocycles. The van der Waals surface area contributed by atoms with Crippen molar-refractivity contribution in [3.05, 3.63) is 53.6 Å². The Morgan fingerprint density at radius 3 is 2.35 bits per heavy atom. The topological polar surface area (TPSA) is 0 Å². The maximum absolute atomic E-state index is 2.44. The van der Waals surface area contributed by atoms with Gasteiger partial charge in [0.25, 0.3) is 0 Å². The van der Waals surface area contributed by atoms with Gasteiger partial charge in [-0.25, -0.2) is 0 Å². The number of allylic oxidation sites excluding steroid dienone is 4. The zero-order chi connectivity index (χ0) is 12.5. The molecule has 0 aliphatic heterocycles. The van der Waals surface area contributed by atoms with Crippen molar-refractivity contribution in [3.63, 3.8) is 0 Å². The molecule has 0 spiro atoms. The van der Waals surface area contributed by atoms with Crippen LogP contribution in [0.2, 0.25) is 0 Å². The molecule has 1 aromatic carbocycles. The third kappa shape index (κ3) is 2.36. The van der Waals surface area contributed by atoms with Gasteiger partial charge in [-0.3, -0.25) is 0 Å². The summed E-state index contributed by atoms with van der Waals surface area (Å²) in [6.07, 6.45) is 8.44. The van der Waals surface area contributed by atoms with Gasteiger partial charge in [0.2, 0.25) is 0 Å². The molecule has 0 saturated heterocycles. The van der Waals surface area contributed by atoms with Crippen LogP contribution < -0.4 is 0 Å². The van der Waals surface area contributed by atoms with E-state index in [1.807, 2.05) is 13.8 Å². The summed E-state index contributed by atoms with van der Waals surface area (Å²) in [6.45, 7) is 8.48. The monoisotopic (exact) mass is 226 g/mol. The van der Waals surface area contributed by atoms with Crippen LogP contribution in [0, 0.1) is 18.3 Å². The fourth-order valence-corrected chi connectivity index (χ4v) is 2.35. The zero-order valence-electron chi connectivity index (χ0n) is 11.3. The van der Waals surface area contributed by atoms with Crippen LogP contribution in [0.15, 0.2) is 42.5 Å². The highest BCUT2D eigenvalue weighted by Gasteiger charge is 2.47. The summed E-state index contributed by atoms with van der Waals surface area (Å²) in [4.78, 5) is 0. The molecule has 0 heteroatoms. The first kappa shape index (κ1) is 12.2. The number of fused-ring (bicyclic) bond motifs is 1. The highest BCUT2D eigenvalue weighted by molar-refractivity contribution is 5.76. The van der Waals surface area contributed by atoms with E-state index in [4.69, 9.17) is 0 Å². The number of hydrogen-bond donors (Lipinski definition) is 0. The molecule has 0 heterocycles. The van der Waals surface area contributed by atoms with Crippen molar-refractivity contribution in [1.29, 1.82) is 0 Å². The predicted octanol–water partition coefficient (Wildman–Crippen LogP) is 5.00. The molecule has 0 amide bonds. The first-order chi connectivity index (χ1) is 8.17. The van der Waals surface area contributed by atoms with Gasteiger partial charge >= 0.3 is 0 Å². The summed E-state index contributed by atoms with van der Waals surface area (Å²) in [6, 6.07) is 8.81. The summed E-state index contributed by atoms with van der Waals surface area (Å²) in [7, 11) is 0. The second-order valence-electron chi connectivity index (χ2n) is 5.14. The molecule has 17 heavy (non-hydrogen) atoms. The minimum absolute atomic E-state index is 0.494. The smallest absolute Gasteiger partial charge is 0.00739 e. The Kier molecular flexibility index (Phi) is 3.24. The van der Waals surface area contributed by atoms with Crippen LogP contribution in [0.5, 0.6) is 0 Å². The fraction of sp³-hybridized carbons (Fsp3) is 0.412. The van der Waals surface area contributed by atoms with Crippen molar-refractivity contribution in [2.75, 3.05) is 0 Å². The Bertz CT molecular complexity index is 447. The molecule has 2 unspecified atom stereocenters. The maximum atomic E-state index is 2.44. The molecule has 0 nitrogen and oxygen atoms in total. The van der Waals surface area contributed by atoms with Crippen LogP contribution in [0.1, 0.15) is 38.3 Å². The van der Waals surface area contributed by atoms with E-state index < -0.39 is 0 Å². The van der Waals surface area contributed by atoms with Gasteiger partial charge in [0, 0.05) is 0 Å². The normalized spacial score (nSPS) is 28.7. The Morgan fingerprint density at radius 2 is 1.76 bits per heavy atom. The van der Waals surface area contributed by atoms with Crippen LogP contribution in [0.3, 0.4) is 0 Å². The fourth-order valence-electron chi connectivity index (χ4n) is 2.35. The van der Waals surface area contributed by atoms with Crippen molar-refractivity contribution < 1.29 is 0 Å². The molecular weight excluding hydrogens is 204 g/mol. The largest absolute Gasteiger partial charge is 0.0774 e. The van der Waals surface area contributed by atoms with Crippen LogP contribution in [0.4, 0.5) is 0 Å². The third-order valence-electron chi connectivity index (χ3n) is 3.76. The highest BCUT2D eigenvalue weighted by atomic mass is 14.5. The minimum Gasteiger partial charge on any atom is -0.0774 e. The van der Waals surface area contributed by atoms with E-state index in [9.17, 15) is 0 Å². The molecular formula is C17H22. The van der Waals surface area contributed by atoms with E-state index in [1.165, 1.54) is 23.1 Å². The molecule has 0 aromatic heterocycles. The molecule has 2 aliphatic carbocycles. The van der Waals surface area contributed by atoms with Gasteiger partial charge in [0.05, 0.1) is 0 Å². The summed E-state index contributed by atoms with van der Waals surface area (Å²) in [5.41, 5.74) is 4.57. The molecule has 2 aliphatic rings. The number of aryl methyl sites for hydroxylation is 1. The van der Waals surface area contributed by atoms with Crippen molar-refractivity contribution in [3.8, 4) is 0 Å². The minimum atomic E-state index is 0.494. The van der Waals surface area contributed by atoms with Crippen LogP contribution in [-0.4, -0.2) is 0 Å². The lowest BCUT2D eigenvalue weighted by atomic mass is 9.94. The van der Waals surface area contributed by atoms with Crippen molar-refractivity contribution in [2.24, 2.45) is 11.3 Å². The summed E-state index contributed by atoms with van der Waals surface area (Å²) < 4.78 is 0. The average molecular weight is 226 g/mol. The first-order valence-electron chi connectivity index (χ1n) is 6.65. The second-order valence-corrected chi connectivity index (χ2v) is 5.14. The van der Waals surface area contributed by atoms with Gasteiger partial charge < -0.3 is 0 Å². The molecule has 0 N–H and O–H groups in total. The lowest BCUT2D eigenvalue weighted by Gasteiger charge is -2.11. The Morgan fingerprint density at radius 1 is 1.12 bits per heavy atom. The molecule has 2 atom stereocenters. The standard InChI is InChI=1S/C15H16.C2H6/c1-11-3-5-12(6-4-11)13-7-8-15(2)10-14(15)9-13;1-2/h3-9,14H,10H2,1-2H3;1-2H3. The van der Waals surface area contributed by atoms with E-state index in [-0.39, 0.29) is 0 Å². The van der Waals surface area contributed by atoms with Gasteiger partial charge in [-0.2, -0.15) is 0 Å². The summed E-state index contributed by atoms with van der Waals surface area (Å²) >= 11 is 0. The summed E-state index contributed by atoms with van der Waals surface area (Å²) in [5.74, 6) is 0.791. The zero-order valence-corrected chi connectivity index (χ0v) is 11.3. The second kappa shape index (κ2) is 4.52. The van der Waals surface area contributed by atoms with Gasteiger partial charge in [-0.15, -0.1) is 0 Å². The van der Waals surface area contributed by atoms with Crippen molar-refractivity contribution in [1.82, 2.24) is 0 Å². The maximum Gasteiger partial charge on any atom is -0.00739 e. The van der Waals surface area contributed by atoms with E-state index in [0.29, 0.717) is 5.41 Å². The Balaban J connectivity index is 0.000000514. The molecule has 0 radical (unpaired) electrons. The summed E-state index contributed by atoms with van der Waals surface area (Å²) in [5, 5.41) is 0. The molecule has 0 bridgehead atoms. The van der Waals surface area contributed by atoms with E-state index >= 15 is 0 Å². The van der Waals surface area contributed by atoms with Gasteiger partial charge in [-0.05, 0) is 35.8 Å². The first-order valence-corrected chi connectivity index (χ1v) is 6.65. The molecule has 1 aromatic rings. The Hall–Kier alpha value is -1.30. The third-order valence-corrected chi connectivity index (χ3v) is 3.76. The number of rotatable bonds is 1. The van der Waals surface area contributed by atoms with Gasteiger partial charge in [0.15, 0.2) is 0 Å². The lowest BCUT2D eigenvalue weighted by molar-refractivity contribution is 0.692. The average Bonchev–Trinajstić information content (AvgIpc) is 3.03. The Labute approximate surface area is 105 Å². The van der Waals surface area contributed by atoms with Crippen LogP contribution in [0.25, 0.3) is 5.57 Å². The SMILES string of the molecule is CC.Cc1ccc(C2=CC3CC3(C)C=C2)cc1. The van der Waals surface area contributed by atoms with Crippen LogP contribution in [-0.2, 0) is 0 Å². The van der Waals surface area contributed by atoms with Gasteiger partial charge in [-0.1, -0.05) is 68.8 Å². The molecule has 1 fully saturated rings. The van der Waals surface area contributed by atoms with E-state index in [1.54, 1.807) is 0 Å². The molecule has 90 valence electrons. The van der Waals surface area contributed by atoms with E-state index in [2.05, 4.69) is 56.3 Å². The van der Waals surface area contributed by atoms with Gasteiger partial charge in [0.1, 0.15) is 0 Å². The number of benzene rings is 1.